The van der Waals surface area contributed by atoms with Crippen LogP contribution in [0.25, 0.3) is 0 Å². The number of halogens is 4. The highest BCUT2D eigenvalue weighted by Crippen LogP contribution is 2.25. The fraction of sp³-hybridized carbons (Fsp3) is 0.143. The Kier molecular flexibility index (Phi) is 5.10. The molecule has 0 heterocycles. The van der Waals surface area contributed by atoms with E-state index in [0.29, 0.717) is 20.6 Å². The van der Waals surface area contributed by atoms with Crippen LogP contribution >= 0.6 is 27.5 Å². The van der Waals surface area contributed by atoms with Crippen molar-refractivity contribution in [2.45, 2.75) is 12.5 Å². The van der Waals surface area contributed by atoms with E-state index in [0.717, 1.165) is 0 Å². The van der Waals surface area contributed by atoms with Gasteiger partial charge in [0.15, 0.2) is 0 Å². The third kappa shape index (κ3) is 3.76. The van der Waals surface area contributed by atoms with Crippen molar-refractivity contribution in [2.24, 2.45) is 5.84 Å². The highest BCUT2D eigenvalue weighted by atomic mass is 79.9. The van der Waals surface area contributed by atoms with Gasteiger partial charge in [-0.1, -0.05) is 33.6 Å². The first-order chi connectivity index (χ1) is 9.49. The average Bonchev–Trinajstić information content (AvgIpc) is 2.36. The Morgan fingerprint density at radius 2 is 1.95 bits per heavy atom. The largest absolute Gasteiger partial charge is 0.271 e. The van der Waals surface area contributed by atoms with Crippen LogP contribution in [0.4, 0.5) is 8.78 Å². The van der Waals surface area contributed by atoms with Crippen molar-refractivity contribution in [1.29, 1.82) is 0 Å². The summed E-state index contributed by atoms with van der Waals surface area (Å²) in [6.07, 6.45) is 0.287. The second kappa shape index (κ2) is 6.63. The van der Waals surface area contributed by atoms with Gasteiger partial charge >= 0.3 is 0 Å². The number of nitrogens with one attached hydrogen (secondary N) is 1. The standard InChI is InChI=1S/C14H12BrClF2N2/c15-10-3-9(4-12(17)6-10)14(20-19)5-8-1-2-11(16)7-13(8)18/h1-4,6-7,14,20H,5,19H2. The summed E-state index contributed by atoms with van der Waals surface area (Å²) >= 11 is 8.93. The van der Waals surface area contributed by atoms with Crippen LogP contribution in [-0.2, 0) is 6.42 Å². The maximum atomic E-state index is 13.8. The average molecular weight is 362 g/mol. The molecule has 3 N–H and O–H groups in total. The maximum Gasteiger partial charge on any atom is 0.127 e. The minimum Gasteiger partial charge on any atom is -0.271 e. The smallest absolute Gasteiger partial charge is 0.127 e. The zero-order valence-corrected chi connectivity index (χ0v) is 12.7. The van der Waals surface area contributed by atoms with Gasteiger partial charge in [0.2, 0.25) is 0 Å². The lowest BCUT2D eigenvalue weighted by atomic mass is 9.99. The molecular weight excluding hydrogens is 350 g/mol. The highest BCUT2D eigenvalue weighted by Gasteiger charge is 2.15. The van der Waals surface area contributed by atoms with Crippen LogP contribution in [-0.4, -0.2) is 0 Å². The molecule has 0 saturated heterocycles. The quantitative estimate of drug-likeness (QED) is 0.635. The number of benzene rings is 2. The van der Waals surface area contributed by atoms with E-state index < -0.39 is 11.9 Å². The molecule has 0 radical (unpaired) electrons. The summed E-state index contributed by atoms with van der Waals surface area (Å²) in [5.41, 5.74) is 3.67. The zero-order chi connectivity index (χ0) is 14.7. The molecule has 2 nitrogen and oxygen atoms in total. The lowest BCUT2D eigenvalue weighted by Gasteiger charge is -2.17. The van der Waals surface area contributed by atoms with Crippen LogP contribution in [0.2, 0.25) is 5.02 Å². The molecule has 0 saturated carbocycles. The summed E-state index contributed by atoms with van der Waals surface area (Å²) in [5.74, 6) is 4.70. The van der Waals surface area contributed by atoms with Crippen molar-refractivity contribution in [3.05, 3.63) is 68.7 Å². The van der Waals surface area contributed by atoms with Crippen LogP contribution in [0.15, 0.2) is 40.9 Å². The Bertz CT molecular complexity index is 602. The molecule has 0 aromatic heterocycles. The van der Waals surface area contributed by atoms with Crippen molar-refractivity contribution in [1.82, 2.24) is 5.43 Å². The summed E-state index contributed by atoms with van der Waals surface area (Å²) in [6, 6.07) is 8.49. The minimum absolute atomic E-state index is 0.287. The molecule has 0 aliphatic carbocycles. The van der Waals surface area contributed by atoms with E-state index in [2.05, 4.69) is 21.4 Å². The van der Waals surface area contributed by atoms with Crippen LogP contribution in [0.1, 0.15) is 17.2 Å². The summed E-state index contributed by atoms with van der Waals surface area (Å²) < 4.78 is 27.8. The van der Waals surface area contributed by atoms with E-state index in [1.54, 1.807) is 18.2 Å². The summed E-state index contributed by atoms with van der Waals surface area (Å²) in [6.45, 7) is 0. The molecular formula is C14H12BrClF2N2. The molecule has 0 spiro atoms. The van der Waals surface area contributed by atoms with E-state index >= 15 is 0 Å². The molecule has 0 fully saturated rings. The Labute approximate surface area is 129 Å². The normalized spacial score (nSPS) is 12.4. The van der Waals surface area contributed by atoms with Gasteiger partial charge in [-0.15, -0.1) is 0 Å². The molecule has 1 unspecified atom stereocenters. The predicted molar refractivity (Wildman–Crippen MR) is 79.3 cm³/mol. The second-order valence-electron chi connectivity index (χ2n) is 4.36. The van der Waals surface area contributed by atoms with Gasteiger partial charge in [-0.25, -0.2) is 8.78 Å². The van der Waals surface area contributed by atoms with Crippen molar-refractivity contribution >= 4 is 27.5 Å². The number of nitrogens with two attached hydrogens (primary N) is 1. The van der Waals surface area contributed by atoms with E-state index in [-0.39, 0.29) is 12.2 Å². The van der Waals surface area contributed by atoms with Crippen molar-refractivity contribution in [3.8, 4) is 0 Å². The van der Waals surface area contributed by atoms with Gasteiger partial charge < -0.3 is 0 Å². The zero-order valence-electron chi connectivity index (χ0n) is 10.3. The van der Waals surface area contributed by atoms with Crippen LogP contribution in [0.5, 0.6) is 0 Å². The van der Waals surface area contributed by atoms with E-state index in [9.17, 15) is 8.78 Å². The first-order valence-corrected chi connectivity index (χ1v) is 7.02. The number of hydrazine groups is 1. The van der Waals surface area contributed by atoms with Crippen LogP contribution in [0.3, 0.4) is 0 Å². The molecule has 2 aromatic rings. The van der Waals surface area contributed by atoms with Crippen molar-refractivity contribution in [3.63, 3.8) is 0 Å². The third-order valence-electron chi connectivity index (χ3n) is 2.93. The first kappa shape index (κ1) is 15.4. The van der Waals surface area contributed by atoms with Crippen molar-refractivity contribution in [2.75, 3.05) is 0 Å². The van der Waals surface area contributed by atoms with E-state index in [1.165, 1.54) is 18.2 Å². The van der Waals surface area contributed by atoms with Crippen molar-refractivity contribution < 1.29 is 8.78 Å². The summed E-state index contributed by atoms with van der Waals surface area (Å²) in [5, 5.41) is 0.331. The lowest BCUT2D eigenvalue weighted by molar-refractivity contribution is 0.524. The molecule has 2 rings (SSSR count). The first-order valence-electron chi connectivity index (χ1n) is 5.85. The molecule has 0 aliphatic rings. The Hall–Kier alpha value is -1.01. The molecule has 20 heavy (non-hydrogen) atoms. The minimum atomic E-state index is -0.409. The van der Waals surface area contributed by atoms with Gasteiger partial charge in [0.05, 0.1) is 6.04 Å². The lowest BCUT2D eigenvalue weighted by Crippen LogP contribution is -2.30. The third-order valence-corrected chi connectivity index (χ3v) is 3.62. The highest BCUT2D eigenvalue weighted by molar-refractivity contribution is 9.10. The van der Waals surface area contributed by atoms with Gasteiger partial charge in [0.25, 0.3) is 0 Å². The number of hydrogen-bond acceptors (Lipinski definition) is 2. The molecule has 0 amide bonds. The summed E-state index contributed by atoms with van der Waals surface area (Å²) in [7, 11) is 0. The monoisotopic (exact) mass is 360 g/mol. The molecule has 1 atom stereocenters. The molecule has 6 heteroatoms. The fourth-order valence-electron chi connectivity index (χ4n) is 1.96. The summed E-state index contributed by atoms with van der Waals surface area (Å²) in [4.78, 5) is 0. The maximum absolute atomic E-state index is 13.8. The Morgan fingerprint density at radius 3 is 2.55 bits per heavy atom. The molecule has 0 aliphatic heterocycles. The fourth-order valence-corrected chi connectivity index (χ4v) is 2.60. The van der Waals surface area contributed by atoms with Gasteiger partial charge in [-0.05, 0) is 47.9 Å². The van der Waals surface area contributed by atoms with Crippen LogP contribution < -0.4 is 11.3 Å². The van der Waals surface area contributed by atoms with Gasteiger partial charge in [0, 0.05) is 9.50 Å². The number of hydrogen-bond donors (Lipinski definition) is 2. The van der Waals surface area contributed by atoms with Crippen LogP contribution in [0, 0.1) is 11.6 Å². The van der Waals surface area contributed by atoms with Gasteiger partial charge in [0.1, 0.15) is 11.6 Å². The SMILES string of the molecule is NNC(Cc1ccc(Cl)cc1F)c1cc(F)cc(Br)c1. The Balaban J connectivity index is 2.28. The second-order valence-corrected chi connectivity index (χ2v) is 5.71. The topological polar surface area (TPSA) is 38.0 Å². The number of rotatable bonds is 4. The Morgan fingerprint density at radius 1 is 1.20 bits per heavy atom. The van der Waals surface area contributed by atoms with Gasteiger partial charge in [-0.2, -0.15) is 0 Å². The molecule has 2 aromatic carbocycles. The molecule has 106 valence electrons. The molecule has 0 bridgehead atoms. The van der Waals surface area contributed by atoms with Gasteiger partial charge in [-0.3, -0.25) is 11.3 Å². The van der Waals surface area contributed by atoms with E-state index in [1.807, 2.05) is 0 Å². The van der Waals surface area contributed by atoms with E-state index in [4.69, 9.17) is 17.4 Å². The predicted octanol–water partition coefficient (Wildman–Crippen LogP) is 4.13.